The van der Waals surface area contributed by atoms with Crippen LogP contribution >= 0.6 is 23.4 Å². The molecular weight excluding hydrogens is 456 g/mol. The van der Waals surface area contributed by atoms with Crippen LogP contribution < -0.4 is 5.32 Å². The van der Waals surface area contributed by atoms with Gasteiger partial charge in [0.25, 0.3) is 0 Å². The van der Waals surface area contributed by atoms with Gasteiger partial charge in [-0.2, -0.15) is 13.2 Å². The minimum atomic E-state index is -4.67. The van der Waals surface area contributed by atoms with Crippen LogP contribution in [0.1, 0.15) is 24.4 Å². The monoisotopic (exact) mass is 470 g/mol. The molecule has 0 radical (unpaired) electrons. The molecule has 3 aromatic rings. The van der Waals surface area contributed by atoms with Crippen molar-refractivity contribution in [2.75, 3.05) is 11.1 Å². The SMILES string of the molecule is O=C(CSc1nnc(-c2ccccc2F)n1C1CC1)Nc1c(Cl)cccc1C(F)(F)F. The first-order chi connectivity index (χ1) is 14.8. The Kier molecular flexibility index (Phi) is 5.94. The molecule has 0 aliphatic heterocycles. The molecule has 1 fully saturated rings. The van der Waals surface area contributed by atoms with Crippen LogP contribution in [-0.4, -0.2) is 26.4 Å². The molecule has 1 aliphatic rings. The van der Waals surface area contributed by atoms with Gasteiger partial charge < -0.3 is 5.32 Å². The normalized spacial score (nSPS) is 14.0. The molecule has 162 valence electrons. The Bertz CT molecular complexity index is 1130. The lowest BCUT2D eigenvalue weighted by Crippen LogP contribution is -2.19. The number of carbonyl (C=O) groups excluding carboxylic acids is 1. The number of halogens is 5. The molecule has 0 spiro atoms. The molecule has 1 aromatic heterocycles. The summed E-state index contributed by atoms with van der Waals surface area (Å²) in [4.78, 5) is 12.4. The summed E-state index contributed by atoms with van der Waals surface area (Å²) in [5, 5.41) is 10.6. The van der Waals surface area contributed by atoms with Gasteiger partial charge in [-0.05, 0) is 37.1 Å². The van der Waals surface area contributed by atoms with Crippen molar-refractivity contribution >= 4 is 35.0 Å². The van der Waals surface area contributed by atoms with Gasteiger partial charge in [-0.15, -0.1) is 10.2 Å². The van der Waals surface area contributed by atoms with E-state index in [-0.39, 0.29) is 16.8 Å². The van der Waals surface area contributed by atoms with Gasteiger partial charge in [0.2, 0.25) is 5.91 Å². The summed E-state index contributed by atoms with van der Waals surface area (Å²) in [6.07, 6.45) is -2.93. The standard InChI is InChI=1S/C20H15ClF4N4OS/c21-14-6-3-5-13(20(23,24)25)17(14)26-16(30)10-31-19-28-27-18(29(19)11-8-9-11)12-4-1-2-7-15(12)22/h1-7,11H,8-10H2,(H,26,30). The van der Waals surface area contributed by atoms with Gasteiger partial charge in [-0.25, -0.2) is 4.39 Å². The number of aromatic nitrogens is 3. The van der Waals surface area contributed by atoms with E-state index in [0.717, 1.165) is 36.7 Å². The maximum absolute atomic E-state index is 14.2. The fourth-order valence-corrected chi connectivity index (χ4v) is 4.08. The van der Waals surface area contributed by atoms with Gasteiger partial charge in [0, 0.05) is 6.04 Å². The van der Waals surface area contributed by atoms with Crippen molar-refractivity contribution in [3.63, 3.8) is 0 Å². The van der Waals surface area contributed by atoms with Gasteiger partial charge in [0.05, 0.1) is 27.6 Å². The number of hydrogen-bond donors (Lipinski definition) is 1. The number of benzene rings is 2. The van der Waals surface area contributed by atoms with Gasteiger partial charge in [0.1, 0.15) is 5.82 Å². The van der Waals surface area contributed by atoms with E-state index >= 15 is 0 Å². The van der Waals surface area contributed by atoms with Crippen molar-refractivity contribution in [1.82, 2.24) is 14.8 Å². The first-order valence-corrected chi connectivity index (χ1v) is 10.6. The number of rotatable bonds is 6. The van der Waals surface area contributed by atoms with E-state index in [0.29, 0.717) is 16.5 Å². The van der Waals surface area contributed by atoms with E-state index in [1.165, 1.54) is 12.1 Å². The van der Waals surface area contributed by atoms with Crippen molar-refractivity contribution in [2.24, 2.45) is 0 Å². The first kappa shape index (κ1) is 21.6. The van der Waals surface area contributed by atoms with Crippen LogP contribution in [0, 0.1) is 5.82 Å². The number of hydrogen-bond acceptors (Lipinski definition) is 4. The van der Waals surface area contributed by atoms with E-state index in [2.05, 4.69) is 15.5 Å². The van der Waals surface area contributed by atoms with Crippen molar-refractivity contribution in [3.05, 3.63) is 58.9 Å². The van der Waals surface area contributed by atoms with Gasteiger partial charge >= 0.3 is 6.18 Å². The third-order valence-electron chi connectivity index (χ3n) is 4.61. The van der Waals surface area contributed by atoms with Crippen LogP contribution in [0.2, 0.25) is 5.02 Å². The number of para-hydroxylation sites is 1. The zero-order valence-corrected chi connectivity index (χ0v) is 17.4. The largest absolute Gasteiger partial charge is 0.418 e. The minimum absolute atomic E-state index is 0.0931. The van der Waals surface area contributed by atoms with E-state index in [1.54, 1.807) is 22.8 Å². The van der Waals surface area contributed by atoms with E-state index < -0.39 is 29.2 Å². The second-order valence-corrected chi connectivity index (χ2v) is 8.23. The van der Waals surface area contributed by atoms with Gasteiger partial charge in [-0.3, -0.25) is 9.36 Å². The Labute approximate surface area is 183 Å². The predicted molar refractivity (Wildman–Crippen MR) is 109 cm³/mol. The average Bonchev–Trinajstić information content (AvgIpc) is 3.47. The number of nitrogens with zero attached hydrogens (tertiary/aromatic N) is 3. The summed E-state index contributed by atoms with van der Waals surface area (Å²) in [5.41, 5.74) is -1.22. The van der Waals surface area contributed by atoms with E-state index in [1.807, 2.05) is 0 Å². The molecule has 11 heteroatoms. The molecule has 0 saturated heterocycles. The second-order valence-electron chi connectivity index (χ2n) is 6.88. The summed E-state index contributed by atoms with van der Waals surface area (Å²) in [5.74, 6) is -0.982. The van der Waals surface area contributed by atoms with E-state index in [9.17, 15) is 22.4 Å². The summed E-state index contributed by atoms with van der Waals surface area (Å²) in [6, 6.07) is 9.54. The summed E-state index contributed by atoms with van der Waals surface area (Å²) in [6.45, 7) is 0. The third-order valence-corrected chi connectivity index (χ3v) is 5.87. The quantitative estimate of drug-likeness (QED) is 0.364. The number of amides is 1. The van der Waals surface area contributed by atoms with Gasteiger partial charge in [-0.1, -0.05) is 41.6 Å². The highest BCUT2D eigenvalue weighted by Gasteiger charge is 2.35. The number of anilines is 1. The maximum Gasteiger partial charge on any atom is 0.418 e. The first-order valence-electron chi connectivity index (χ1n) is 9.24. The summed E-state index contributed by atoms with van der Waals surface area (Å²) < 4.78 is 55.6. The number of thioether (sulfide) groups is 1. The maximum atomic E-state index is 14.2. The lowest BCUT2D eigenvalue weighted by molar-refractivity contribution is -0.137. The molecule has 2 aromatic carbocycles. The molecule has 1 aliphatic carbocycles. The lowest BCUT2D eigenvalue weighted by atomic mass is 10.1. The number of alkyl halides is 3. The number of carbonyl (C=O) groups is 1. The average molecular weight is 471 g/mol. The predicted octanol–water partition coefficient (Wildman–Crippen LogP) is 5.82. The van der Waals surface area contributed by atoms with Gasteiger partial charge in [0.15, 0.2) is 11.0 Å². The van der Waals surface area contributed by atoms with Crippen LogP contribution in [-0.2, 0) is 11.0 Å². The Morgan fingerprint density at radius 2 is 1.90 bits per heavy atom. The summed E-state index contributed by atoms with van der Waals surface area (Å²) in [7, 11) is 0. The molecule has 1 N–H and O–H groups in total. The molecule has 0 atom stereocenters. The Hall–Kier alpha value is -2.59. The zero-order chi connectivity index (χ0) is 22.2. The molecule has 0 unspecified atom stereocenters. The smallest absolute Gasteiger partial charge is 0.324 e. The molecule has 31 heavy (non-hydrogen) atoms. The zero-order valence-electron chi connectivity index (χ0n) is 15.8. The Morgan fingerprint density at radius 3 is 2.58 bits per heavy atom. The van der Waals surface area contributed by atoms with Crippen LogP contribution in [0.5, 0.6) is 0 Å². The highest BCUT2D eigenvalue weighted by atomic mass is 35.5. The number of nitrogens with one attached hydrogen (secondary N) is 1. The molecule has 5 nitrogen and oxygen atoms in total. The lowest BCUT2D eigenvalue weighted by Gasteiger charge is -2.15. The van der Waals surface area contributed by atoms with Crippen molar-refractivity contribution < 1.29 is 22.4 Å². The van der Waals surface area contributed by atoms with Crippen LogP contribution in [0.15, 0.2) is 47.6 Å². The Morgan fingerprint density at radius 1 is 1.16 bits per heavy atom. The highest BCUT2D eigenvalue weighted by molar-refractivity contribution is 7.99. The van der Waals surface area contributed by atoms with Crippen molar-refractivity contribution in [2.45, 2.75) is 30.2 Å². The Balaban J connectivity index is 1.52. The van der Waals surface area contributed by atoms with Crippen molar-refractivity contribution in [3.8, 4) is 11.4 Å². The molecule has 1 heterocycles. The molecule has 4 rings (SSSR count). The fraction of sp³-hybridized carbons (Fsp3) is 0.250. The molecular formula is C20H15ClF4N4OS. The highest BCUT2D eigenvalue weighted by Crippen LogP contribution is 2.42. The third kappa shape index (κ3) is 4.69. The summed E-state index contributed by atoms with van der Waals surface area (Å²) >= 11 is 6.89. The fourth-order valence-electron chi connectivity index (χ4n) is 3.06. The van der Waals surface area contributed by atoms with Crippen LogP contribution in [0.4, 0.5) is 23.2 Å². The second kappa shape index (κ2) is 8.51. The molecule has 0 bridgehead atoms. The van der Waals surface area contributed by atoms with Crippen LogP contribution in [0.3, 0.4) is 0 Å². The molecule has 1 saturated carbocycles. The molecule has 1 amide bonds. The van der Waals surface area contributed by atoms with Crippen LogP contribution in [0.25, 0.3) is 11.4 Å². The minimum Gasteiger partial charge on any atom is -0.324 e. The van der Waals surface area contributed by atoms with Crippen molar-refractivity contribution in [1.29, 1.82) is 0 Å². The topological polar surface area (TPSA) is 59.8 Å². The van der Waals surface area contributed by atoms with E-state index in [4.69, 9.17) is 11.6 Å².